The summed E-state index contributed by atoms with van der Waals surface area (Å²) in [5.41, 5.74) is 2.18. The number of aryl methyl sites for hydroxylation is 1. The highest BCUT2D eigenvalue weighted by molar-refractivity contribution is 7.07. The number of thiazole rings is 1. The minimum Gasteiger partial charge on any atom is -0.381 e. The Balaban J connectivity index is 1.26. The molecule has 4 nitrogen and oxygen atoms in total. The average molecular weight is 497 g/mol. The number of ether oxygens (including phenoxy) is 3. The fourth-order valence-electron chi connectivity index (χ4n) is 4.76. The molecule has 1 aromatic rings. The van der Waals surface area contributed by atoms with Gasteiger partial charge in [0.1, 0.15) is 6.54 Å². The molecule has 1 aliphatic heterocycles. The quantitative estimate of drug-likeness (QED) is 0.108. The van der Waals surface area contributed by atoms with E-state index in [-0.39, 0.29) is 6.10 Å². The Bertz CT molecular complexity index is 539. The highest BCUT2D eigenvalue weighted by Gasteiger charge is 2.25. The molecule has 5 heteroatoms. The van der Waals surface area contributed by atoms with Gasteiger partial charge in [0.15, 0.2) is 6.20 Å². The van der Waals surface area contributed by atoms with E-state index in [1.807, 2.05) is 0 Å². The molecule has 1 aliphatic rings. The van der Waals surface area contributed by atoms with Crippen molar-refractivity contribution in [2.75, 3.05) is 33.0 Å². The Morgan fingerprint density at radius 2 is 1.35 bits per heavy atom. The summed E-state index contributed by atoms with van der Waals surface area (Å²) in [5.74, 6) is 0.556. The van der Waals surface area contributed by atoms with Gasteiger partial charge in [0.2, 0.25) is 5.51 Å². The molecule has 0 radical (unpaired) electrons. The molecule has 0 aliphatic carbocycles. The fourth-order valence-corrected chi connectivity index (χ4v) is 5.39. The standard InChI is InChI=1S/C29H54NO3S/c1-2-3-4-5-6-7-8-9-10-11-13-16-20-31-24-28-23-29(33-25-28)26-32-21-17-14-12-15-18-30-19-22-34-27-30/h19,22,27-29H,2-18,20-21,23-26H2,1H3/q+1/t28-,29-/m1/s1. The van der Waals surface area contributed by atoms with E-state index in [1.54, 1.807) is 11.3 Å². The van der Waals surface area contributed by atoms with Crippen LogP contribution >= 0.6 is 11.3 Å². The van der Waals surface area contributed by atoms with Crippen LogP contribution in [0.3, 0.4) is 0 Å². The van der Waals surface area contributed by atoms with Crippen LogP contribution in [0.4, 0.5) is 0 Å². The summed E-state index contributed by atoms with van der Waals surface area (Å²) < 4.78 is 20.0. The summed E-state index contributed by atoms with van der Waals surface area (Å²) in [6.07, 6.45) is 25.2. The SMILES string of the molecule is CCCCCCCCCCCCCCOC[C@@H]1CO[C@@H](COCCCCCC[n+]2ccsc2)C1. The monoisotopic (exact) mass is 496 g/mol. The first-order chi connectivity index (χ1) is 16.9. The summed E-state index contributed by atoms with van der Waals surface area (Å²) >= 11 is 1.76. The van der Waals surface area contributed by atoms with Gasteiger partial charge in [-0.1, -0.05) is 95.3 Å². The van der Waals surface area contributed by atoms with E-state index >= 15 is 0 Å². The smallest absolute Gasteiger partial charge is 0.224 e. The number of unbranched alkanes of at least 4 members (excludes halogenated alkanes) is 14. The van der Waals surface area contributed by atoms with Crippen LogP contribution < -0.4 is 4.57 Å². The molecule has 1 fully saturated rings. The van der Waals surface area contributed by atoms with Gasteiger partial charge in [0.25, 0.3) is 0 Å². The third-order valence-electron chi connectivity index (χ3n) is 6.95. The molecule has 1 saturated heterocycles. The van der Waals surface area contributed by atoms with Crippen molar-refractivity contribution < 1.29 is 18.8 Å². The molecule has 2 rings (SSSR count). The highest BCUT2D eigenvalue weighted by Crippen LogP contribution is 2.20. The van der Waals surface area contributed by atoms with Crippen molar-refractivity contribution in [3.8, 4) is 0 Å². The van der Waals surface area contributed by atoms with Crippen molar-refractivity contribution in [3.63, 3.8) is 0 Å². The first kappa shape index (κ1) is 29.7. The molecule has 0 amide bonds. The third kappa shape index (κ3) is 16.2. The zero-order valence-electron chi connectivity index (χ0n) is 22.2. The average Bonchev–Trinajstić information content (AvgIpc) is 3.53. The third-order valence-corrected chi connectivity index (χ3v) is 7.62. The van der Waals surface area contributed by atoms with Crippen LogP contribution in [0, 0.1) is 5.92 Å². The van der Waals surface area contributed by atoms with E-state index in [1.165, 1.54) is 96.3 Å². The van der Waals surface area contributed by atoms with E-state index < -0.39 is 0 Å². The Kier molecular flexibility index (Phi) is 19.0. The Labute approximate surface area is 214 Å². The number of nitrogens with zero attached hydrogens (tertiary/aromatic N) is 1. The zero-order chi connectivity index (χ0) is 23.9. The first-order valence-corrected chi connectivity index (χ1v) is 15.5. The molecule has 0 bridgehead atoms. The molecule has 0 unspecified atom stereocenters. The normalized spacial score (nSPS) is 18.1. The molecule has 1 aromatic heterocycles. The molecule has 198 valence electrons. The van der Waals surface area contributed by atoms with Gasteiger partial charge >= 0.3 is 0 Å². The maximum atomic E-state index is 5.94. The molecule has 2 heterocycles. The van der Waals surface area contributed by atoms with Gasteiger partial charge in [-0.3, -0.25) is 0 Å². The molecule has 0 saturated carbocycles. The van der Waals surface area contributed by atoms with E-state index in [4.69, 9.17) is 14.2 Å². The van der Waals surface area contributed by atoms with Crippen molar-refractivity contribution in [1.29, 1.82) is 0 Å². The van der Waals surface area contributed by atoms with Crippen LogP contribution in [-0.4, -0.2) is 39.1 Å². The maximum absolute atomic E-state index is 5.94. The van der Waals surface area contributed by atoms with Gasteiger partial charge in [-0.25, -0.2) is 0 Å². The second-order valence-electron chi connectivity index (χ2n) is 10.3. The van der Waals surface area contributed by atoms with E-state index in [9.17, 15) is 0 Å². The Hall–Kier alpha value is -0.490. The molecule has 0 N–H and O–H groups in total. The lowest BCUT2D eigenvalue weighted by molar-refractivity contribution is -0.692. The van der Waals surface area contributed by atoms with Crippen LogP contribution in [0.1, 0.15) is 116 Å². The molecule has 0 aromatic carbocycles. The van der Waals surface area contributed by atoms with Crippen molar-refractivity contribution in [3.05, 3.63) is 17.1 Å². The number of aromatic nitrogens is 1. The van der Waals surface area contributed by atoms with Crippen molar-refractivity contribution in [2.45, 2.75) is 129 Å². The zero-order valence-corrected chi connectivity index (χ0v) is 23.0. The summed E-state index contributed by atoms with van der Waals surface area (Å²) in [6.45, 7) is 7.66. The Morgan fingerprint density at radius 1 is 0.765 bits per heavy atom. The van der Waals surface area contributed by atoms with Crippen molar-refractivity contribution >= 4 is 11.3 Å². The summed E-state index contributed by atoms with van der Waals surface area (Å²) in [5, 5.41) is 2.13. The van der Waals surface area contributed by atoms with Crippen molar-refractivity contribution in [1.82, 2.24) is 0 Å². The van der Waals surface area contributed by atoms with E-state index in [2.05, 4.69) is 28.6 Å². The highest BCUT2D eigenvalue weighted by atomic mass is 32.1. The number of hydrogen-bond acceptors (Lipinski definition) is 4. The number of hydrogen-bond donors (Lipinski definition) is 0. The molecule has 34 heavy (non-hydrogen) atoms. The van der Waals surface area contributed by atoms with Crippen LogP contribution in [0.5, 0.6) is 0 Å². The van der Waals surface area contributed by atoms with Crippen LogP contribution in [0.15, 0.2) is 17.1 Å². The number of rotatable bonds is 24. The van der Waals surface area contributed by atoms with Gasteiger partial charge in [-0.05, 0) is 25.7 Å². The predicted molar refractivity (Wildman–Crippen MR) is 144 cm³/mol. The lowest BCUT2D eigenvalue weighted by Gasteiger charge is -2.11. The second kappa shape index (κ2) is 21.8. The lowest BCUT2D eigenvalue weighted by atomic mass is 10.1. The fraction of sp³-hybridized carbons (Fsp3) is 0.897. The van der Waals surface area contributed by atoms with Gasteiger partial charge in [-0.15, -0.1) is 0 Å². The first-order valence-electron chi connectivity index (χ1n) is 14.6. The van der Waals surface area contributed by atoms with Gasteiger partial charge < -0.3 is 14.2 Å². The summed E-state index contributed by atoms with van der Waals surface area (Å²) in [7, 11) is 0. The van der Waals surface area contributed by atoms with Gasteiger partial charge in [0, 0.05) is 25.6 Å². The minimum absolute atomic E-state index is 0.273. The molecule has 2 atom stereocenters. The van der Waals surface area contributed by atoms with Crippen LogP contribution in [0.25, 0.3) is 0 Å². The summed E-state index contributed by atoms with van der Waals surface area (Å²) in [4.78, 5) is 0. The molecular weight excluding hydrogens is 442 g/mol. The Morgan fingerprint density at radius 3 is 1.97 bits per heavy atom. The predicted octanol–water partition coefficient (Wildman–Crippen LogP) is 7.74. The van der Waals surface area contributed by atoms with E-state index in [0.29, 0.717) is 5.92 Å². The maximum Gasteiger partial charge on any atom is 0.224 e. The van der Waals surface area contributed by atoms with Crippen LogP contribution in [0.2, 0.25) is 0 Å². The molecule has 0 spiro atoms. The van der Waals surface area contributed by atoms with E-state index in [0.717, 1.165) is 52.4 Å². The summed E-state index contributed by atoms with van der Waals surface area (Å²) in [6, 6.07) is 0. The van der Waals surface area contributed by atoms with Crippen molar-refractivity contribution in [2.24, 2.45) is 5.92 Å². The van der Waals surface area contributed by atoms with Gasteiger partial charge in [-0.2, -0.15) is 4.57 Å². The lowest BCUT2D eigenvalue weighted by Crippen LogP contribution is -2.29. The largest absolute Gasteiger partial charge is 0.381 e. The second-order valence-corrected chi connectivity index (χ2v) is 11.0. The van der Waals surface area contributed by atoms with Gasteiger partial charge in [0.05, 0.1) is 31.3 Å². The topological polar surface area (TPSA) is 31.6 Å². The minimum atomic E-state index is 0.273. The molecular formula is C29H54NO3S+. The van der Waals surface area contributed by atoms with Crippen LogP contribution in [-0.2, 0) is 20.8 Å².